The fourth-order valence-electron chi connectivity index (χ4n) is 1.56. The van der Waals surface area contributed by atoms with Gasteiger partial charge in [0.05, 0.1) is 12.8 Å². The van der Waals surface area contributed by atoms with Crippen LogP contribution in [0.25, 0.3) is 0 Å². The van der Waals surface area contributed by atoms with Crippen molar-refractivity contribution < 1.29 is 14.7 Å². The maximum Gasteiger partial charge on any atom is 0.315 e. The Morgan fingerprint density at radius 2 is 2.36 bits per heavy atom. The monoisotopic (exact) mass is 217 g/mol. The van der Waals surface area contributed by atoms with Gasteiger partial charge in [0.1, 0.15) is 5.92 Å². The van der Waals surface area contributed by atoms with Gasteiger partial charge in [-0.25, -0.2) is 0 Å². The van der Waals surface area contributed by atoms with Gasteiger partial charge in [-0.3, -0.25) is 4.79 Å². The summed E-state index contributed by atoms with van der Waals surface area (Å²) in [6.07, 6.45) is 0. The first-order chi connectivity index (χ1) is 6.61. The maximum absolute atomic E-state index is 11.3. The minimum Gasteiger partial charge on any atom is -0.468 e. The highest BCUT2D eigenvalue weighted by molar-refractivity contribution is 8.01. The van der Waals surface area contributed by atoms with E-state index in [9.17, 15) is 4.79 Å². The van der Waals surface area contributed by atoms with E-state index in [2.05, 4.69) is 9.89 Å². The quantitative estimate of drug-likeness (QED) is 0.431. The van der Waals surface area contributed by atoms with Gasteiger partial charge in [-0.05, 0) is 5.92 Å². The highest BCUT2D eigenvalue weighted by Gasteiger charge is 2.40. The molecule has 1 aliphatic heterocycles. The molecule has 1 heterocycles. The maximum atomic E-state index is 11.3. The molecule has 4 nitrogen and oxygen atoms in total. The van der Waals surface area contributed by atoms with Gasteiger partial charge >= 0.3 is 5.97 Å². The first kappa shape index (κ1) is 11.4. The van der Waals surface area contributed by atoms with E-state index in [1.165, 1.54) is 7.11 Å². The van der Waals surface area contributed by atoms with E-state index >= 15 is 0 Å². The van der Waals surface area contributed by atoms with E-state index in [4.69, 9.17) is 5.21 Å². The molecular formula is C9H15NO3S. The van der Waals surface area contributed by atoms with Crippen LogP contribution in [0.3, 0.4) is 0 Å². The fourth-order valence-corrected chi connectivity index (χ4v) is 3.03. The SMILES string of the molecule is COC(=O)C1CSC(C(C)C)C1=NO. The van der Waals surface area contributed by atoms with Gasteiger partial charge in [-0.15, -0.1) is 0 Å². The van der Waals surface area contributed by atoms with Crippen LogP contribution in [0.5, 0.6) is 0 Å². The second-order valence-electron chi connectivity index (χ2n) is 3.60. The molecular weight excluding hydrogens is 202 g/mol. The molecule has 1 saturated heterocycles. The summed E-state index contributed by atoms with van der Waals surface area (Å²) >= 11 is 1.64. The van der Waals surface area contributed by atoms with Crippen LogP contribution in [0.2, 0.25) is 0 Å². The van der Waals surface area contributed by atoms with Crippen molar-refractivity contribution in [3.63, 3.8) is 0 Å². The molecule has 0 radical (unpaired) electrons. The Hall–Kier alpha value is -0.710. The molecule has 0 amide bonds. The number of oxime groups is 1. The third kappa shape index (κ3) is 2.03. The largest absolute Gasteiger partial charge is 0.468 e. The van der Waals surface area contributed by atoms with Gasteiger partial charge in [-0.1, -0.05) is 19.0 Å². The molecule has 0 aliphatic carbocycles. The van der Waals surface area contributed by atoms with Crippen molar-refractivity contribution >= 4 is 23.4 Å². The Kier molecular flexibility index (Phi) is 3.80. The summed E-state index contributed by atoms with van der Waals surface area (Å²) in [6, 6.07) is 0. The molecule has 1 rings (SSSR count). The molecule has 14 heavy (non-hydrogen) atoms. The molecule has 0 spiro atoms. The average molecular weight is 217 g/mol. The highest BCUT2D eigenvalue weighted by Crippen LogP contribution is 2.34. The summed E-state index contributed by atoms with van der Waals surface area (Å²) in [5, 5.41) is 12.2. The number of carbonyl (C=O) groups excluding carboxylic acids is 1. The molecule has 0 aromatic heterocycles. The molecule has 0 bridgehead atoms. The number of esters is 1. The Balaban J connectivity index is 2.80. The van der Waals surface area contributed by atoms with Crippen molar-refractivity contribution in [2.45, 2.75) is 19.1 Å². The van der Waals surface area contributed by atoms with Crippen LogP contribution >= 0.6 is 11.8 Å². The van der Waals surface area contributed by atoms with Crippen molar-refractivity contribution in [2.75, 3.05) is 12.9 Å². The molecule has 2 atom stereocenters. The minimum atomic E-state index is -0.373. The van der Waals surface area contributed by atoms with E-state index in [-0.39, 0.29) is 17.1 Å². The molecule has 0 aromatic carbocycles. The molecule has 1 aliphatic rings. The number of methoxy groups -OCH3 is 1. The topological polar surface area (TPSA) is 58.9 Å². The van der Waals surface area contributed by atoms with E-state index in [0.29, 0.717) is 17.4 Å². The Bertz CT molecular complexity index is 252. The van der Waals surface area contributed by atoms with E-state index in [1.807, 2.05) is 13.8 Å². The zero-order valence-electron chi connectivity index (χ0n) is 8.56. The number of thioether (sulfide) groups is 1. The summed E-state index contributed by atoms with van der Waals surface area (Å²) in [7, 11) is 1.35. The number of ether oxygens (including phenoxy) is 1. The van der Waals surface area contributed by atoms with Gasteiger partial charge < -0.3 is 9.94 Å². The standard InChI is InChI=1S/C9H15NO3S/c1-5(2)8-7(10-12)6(4-14-8)9(11)13-3/h5-6,8,12H,4H2,1-3H3. The number of hydrogen-bond acceptors (Lipinski definition) is 5. The van der Waals surface area contributed by atoms with Gasteiger partial charge in [-0.2, -0.15) is 11.8 Å². The lowest BCUT2D eigenvalue weighted by molar-refractivity contribution is -0.142. The Morgan fingerprint density at radius 1 is 1.71 bits per heavy atom. The van der Waals surface area contributed by atoms with Crippen LogP contribution in [0, 0.1) is 11.8 Å². The van der Waals surface area contributed by atoms with Gasteiger partial charge in [0, 0.05) is 11.0 Å². The molecule has 80 valence electrons. The number of carbonyl (C=O) groups is 1. The summed E-state index contributed by atoms with van der Waals surface area (Å²) in [4.78, 5) is 11.3. The van der Waals surface area contributed by atoms with Crippen LogP contribution < -0.4 is 0 Å². The third-order valence-corrected chi connectivity index (χ3v) is 3.97. The summed E-state index contributed by atoms with van der Waals surface area (Å²) in [5.41, 5.74) is 0.553. The lowest BCUT2D eigenvalue weighted by Crippen LogP contribution is -2.29. The predicted molar refractivity (Wildman–Crippen MR) is 55.8 cm³/mol. The van der Waals surface area contributed by atoms with Crippen LogP contribution in [-0.4, -0.2) is 35.0 Å². The van der Waals surface area contributed by atoms with E-state index in [0.717, 1.165) is 0 Å². The van der Waals surface area contributed by atoms with Gasteiger partial charge in [0.15, 0.2) is 0 Å². The smallest absolute Gasteiger partial charge is 0.315 e. The van der Waals surface area contributed by atoms with Crippen molar-refractivity contribution in [1.82, 2.24) is 0 Å². The zero-order valence-corrected chi connectivity index (χ0v) is 9.37. The van der Waals surface area contributed by atoms with Crippen molar-refractivity contribution in [3.8, 4) is 0 Å². The van der Waals surface area contributed by atoms with Crippen molar-refractivity contribution in [2.24, 2.45) is 17.0 Å². The molecule has 5 heteroatoms. The minimum absolute atomic E-state index is 0.129. The van der Waals surface area contributed by atoms with Crippen LogP contribution in [-0.2, 0) is 9.53 Å². The molecule has 0 aromatic rings. The molecule has 0 saturated carbocycles. The number of rotatable bonds is 2. The number of hydrogen-bond donors (Lipinski definition) is 1. The van der Waals surface area contributed by atoms with Crippen LogP contribution in [0.15, 0.2) is 5.16 Å². The lowest BCUT2D eigenvalue weighted by Gasteiger charge is -2.14. The molecule has 1 N–H and O–H groups in total. The van der Waals surface area contributed by atoms with Crippen molar-refractivity contribution in [3.05, 3.63) is 0 Å². The first-order valence-electron chi connectivity index (χ1n) is 4.53. The van der Waals surface area contributed by atoms with Gasteiger partial charge in [0.2, 0.25) is 0 Å². The summed E-state index contributed by atoms with van der Waals surface area (Å²) in [6.45, 7) is 4.09. The molecule has 1 fully saturated rings. The van der Waals surface area contributed by atoms with Crippen LogP contribution in [0.1, 0.15) is 13.8 Å². The second kappa shape index (κ2) is 4.68. The lowest BCUT2D eigenvalue weighted by atomic mass is 9.97. The summed E-state index contributed by atoms with van der Waals surface area (Å²) < 4.78 is 4.65. The first-order valence-corrected chi connectivity index (χ1v) is 5.58. The summed E-state index contributed by atoms with van der Waals surface area (Å²) in [5.74, 6) is 0.325. The van der Waals surface area contributed by atoms with Crippen LogP contribution in [0.4, 0.5) is 0 Å². The number of nitrogens with zero attached hydrogens (tertiary/aromatic N) is 1. The third-order valence-electron chi connectivity index (χ3n) is 2.30. The predicted octanol–water partition coefficient (Wildman–Crippen LogP) is 1.38. The zero-order chi connectivity index (χ0) is 10.7. The second-order valence-corrected chi connectivity index (χ2v) is 4.77. The normalized spacial score (nSPS) is 29.9. The van der Waals surface area contributed by atoms with E-state index < -0.39 is 0 Å². The molecule has 2 unspecified atom stereocenters. The highest BCUT2D eigenvalue weighted by atomic mass is 32.2. The Morgan fingerprint density at radius 3 is 2.79 bits per heavy atom. The Labute approximate surface area is 87.7 Å². The van der Waals surface area contributed by atoms with Crippen molar-refractivity contribution in [1.29, 1.82) is 0 Å². The van der Waals surface area contributed by atoms with Gasteiger partial charge in [0.25, 0.3) is 0 Å². The van der Waals surface area contributed by atoms with E-state index in [1.54, 1.807) is 11.8 Å². The average Bonchev–Trinajstić information content (AvgIpc) is 2.59. The fraction of sp³-hybridized carbons (Fsp3) is 0.778.